The number of aromatic hydroxyl groups is 1. The second-order valence-corrected chi connectivity index (χ2v) is 2.88. The van der Waals surface area contributed by atoms with E-state index in [0.717, 1.165) is 18.2 Å². The Balaban J connectivity index is 3.19. The second kappa shape index (κ2) is 4.39. The third-order valence-corrected chi connectivity index (χ3v) is 1.85. The molecule has 0 fully saturated rings. The molecule has 0 aromatic heterocycles. The second-order valence-electron chi connectivity index (χ2n) is 2.88. The number of nitro benzene ring substituents is 1. The van der Waals surface area contributed by atoms with Crippen molar-refractivity contribution in [2.75, 3.05) is 0 Å². The minimum absolute atomic E-state index is 0.0541. The highest BCUT2D eigenvalue weighted by atomic mass is 16.6. The Labute approximate surface area is 85.2 Å². The number of nitrogens with zero attached hydrogens (tertiary/aromatic N) is 2. The monoisotopic (exact) mass is 208 g/mol. The quantitative estimate of drug-likeness (QED) is 0.574. The van der Waals surface area contributed by atoms with Crippen molar-refractivity contribution >= 4 is 5.69 Å². The van der Waals surface area contributed by atoms with Crippen molar-refractivity contribution in [1.82, 2.24) is 0 Å². The average molecular weight is 208 g/mol. The molecule has 0 aliphatic carbocycles. The van der Waals surface area contributed by atoms with Gasteiger partial charge in [0.05, 0.1) is 29.1 Å². The number of rotatable bonds is 3. The van der Waals surface area contributed by atoms with Gasteiger partial charge in [0, 0.05) is 6.07 Å². The van der Waals surface area contributed by atoms with Crippen LogP contribution in [0.1, 0.15) is 18.1 Å². The van der Waals surface area contributed by atoms with Crippen LogP contribution in [-0.2, 0) is 0 Å². The molecular formula is C9H8N2O4. The maximum absolute atomic E-state index is 10.6. The van der Waals surface area contributed by atoms with Gasteiger partial charge < -0.3 is 10.2 Å². The molecule has 0 spiro atoms. The molecule has 0 saturated heterocycles. The number of hydrogen-bond acceptors (Lipinski definition) is 5. The van der Waals surface area contributed by atoms with Crippen molar-refractivity contribution in [3.8, 4) is 11.8 Å². The average Bonchev–Trinajstić information content (AvgIpc) is 2.17. The molecular weight excluding hydrogens is 200 g/mol. The highest BCUT2D eigenvalue weighted by Crippen LogP contribution is 2.29. The molecule has 1 aromatic carbocycles. The fraction of sp³-hybridized carbons (Fsp3) is 0.222. The summed E-state index contributed by atoms with van der Waals surface area (Å²) in [6.07, 6.45) is -1.52. The Kier molecular flexibility index (Phi) is 3.21. The van der Waals surface area contributed by atoms with Crippen molar-refractivity contribution in [2.24, 2.45) is 0 Å². The van der Waals surface area contributed by atoms with E-state index < -0.39 is 11.0 Å². The van der Waals surface area contributed by atoms with Crippen LogP contribution in [0.4, 0.5) is 5.69 Å². The first kappa shape index (κ1) is 10.9. The predicted molar refractivity (Wildman–Crippen MR) is 50.0 cm³/mol. The van der Waals surface area contributed by atoms with Gasteiger partial charge in [0.2, 0.25) is 0 Å². The molecule has 1 rings (SSSR count). The first-order valence-corrected chi connectivity index (χ1v) is 4.08. The Bertz CT molecular complexity index is 425. The molecule has 0 amide bonds. The zero-order valence-electron chi connectivity index (χ0n) is 7.62. The van der Waals surface area contributed by atoms with Crippen LogP contribution in [0.2, 0.25) is 0 Å². The van der Waals surface area contributed by atoms with Crippen LogP contribution in [0.15, 0.2) is 18.2 Å². The number of benzene rings is 1. The molecule has 2 N–H and O–H groups in total. The van der Waals surface area contributed by atoms with E-state index in [1.54, 1.807) is 6.07 Å². The van der Waals surface area contributed by atoms with Gasteiger partial charge >= 0.3 is 0 Å². The minimum Gasteiger partial charge on any atom is -0.508 e. The number of aliphatic hydroxyl groups excluding tert-OH is 1. The number of phenols is 1. The highest BCUT2D eigenvalue weighted by molar-refractivity contribution is 5.46. The molecule has 6 heteroatoms. The summed E-state index contributed by atoms with van der Waals surface area (Å²) in [7, 11) is 0. The van der Waals surface area contributed by atoms with Crippen LogP contribution >= 0.6 is 0 Å². The number of nitriles is 1. The summed E-state index contributed by atoms with van der Waals surface area (Å²) in [5.74, 6) is -0.187. The summed E-state index contributed by atoms with van der Waals surface area (Å²) in [6, 6.07) is 5.02. The summed E-state index contributed by atoms with van der Waals surface area (Å²) >= 11 is 0. The van der Waals surface area contributed by atoms with Gasteiger partial charge in [-0.1, -0.05) is 0 Å². The summed E-state index contributed by atoms with van der Waals surface area (Å²) < 4.78 is 0. The molecule has 1 atom stereocenters. The predicted octanol–water partition coefficient (Wildman–Crippen LogP) is 1.25. The summed E-state index contributed by atoms with van der Waals surface area (Å²) in [5.41, 5.74) is -0.364. The smallest absolute Gasteiger partial charge is 0.275 e. The van der Waals surface area contributed by atoms with Gasteiger partial charge in [-0.25, -0.2) is 0 Å². The van der Waals surface area contributed by atoms with Gasteiger partial charge in [0.25, 0.3) is 5.69 Å². The van der Waals surface area contributed by atoms with E-state index in [2.05, 4.69) is 0 Å². The van der Waals surface area contributed by atoms with E-state index >= 15 is 0 Å². The molecule has 0 bridgehead atoms. The maximum Gasteiger partial charge on any atom is 0.275 e. The summed E-state index contributed by atoms with van der Waals surface area (Å²) in [4.78, 5) is 9.90. The molecule has 0 aliphatic heterocycles. The number of aliphatic hydroxyl groups is 1. The Morgan fingerprint density at radius 3 is 2.80 bits per heavy atom. The number of nitro groups is 1. The van der Waals surface area contributed by atoms with E-state index in [9.17, 15) is 15.2 Å². The third kappa shape index (κ3) is 2.42. The van der Waals surface area contributed by atoms with Crippen molar-refractivity contribution in [3.05, 3.63) is 33.9 Å². The molecule has 78 valence electrons. The normalized spacial score (nSPS) is 11.7. The molecule has 0 aliphatic rings. The first-order chi connectivity index (χ1) is 7.06. The van der Waals surface area contributed by atoms with Crippen LogP contribution in [0, 0.1) is 21.4 Å². The van der Waals surface area contributed by atoms with E-state index in [1.165, 1.54) is 0 Å². The maximum atomic E-state index is 10.6. The molecule has 0 radical (unpaired) electrons. The standard InChI is InChI=1S/C9H8N2O4/c10-4-3-9(13)7-5-6(12)1-2-8(7)11(14)15/h1-2,5,9,12-13H,3H2. The zero-order valence-corrected chi connectivity index (χ0v) is 7.62. The summed E-state index contributed by atoms with van der Waals surface area (Å²) in [5, 5.41) is 37.5. The lowest BCUT2D eigenvalue weighted by Crippen LogP contribution is -2.01. The van der Waals surface area contributed by atoms with Crippen LogP contribution in [0.25, 0.3) is 0 Å². The fourth-order valence-corrected chi connectivity index (χ4v) is 1.17. The van der Waals surface area contributed by atoms with Crippen molar-refractivity contribution in [1.29, 1.82) is 5.26 Å². The Hall–Kier alpha value is -2.13. The van der Waals surface area contributed by atoms with E-state index in [1.807, 2.05) is 0 Å². The van der Waals surface area contributed by atoms with Gasteiger partial charge in [-0.15, -0.1) is 0 Å². The van der Waals surface area contributed by atoms with Gasteiger partial charge in [0.1, 0.15) is 5.75 Å². The van der Waals surface area contributed by atoms with Crippen molar-refractivity contribution in [3.63, 3.8) is 0 Å². The number of hydrogen-bond donors (Lipinski definition) is 2. The Morgan fingerprint density at radius 2 is 2.27 bits per heavy atom. The SMILES string of the molecule is N#CCC(O)c1cc(O)ccc1[N+](=O)[O-]. The minimum atomic E-state index is -1.26. The van der Waals surface area contributed by atoms with Gasteiger partial charge in [-0.2, -0.15) is 5.26 Å². The van der Waals surface area contributed by atoms with Gasteiger partial charge in [-0.05, 0) is 12.1 Å². The van der Waals surface area contributed by atoms with Crippen molar-refractivity contribution in [2.45, 2.75) is 12.5 Å². The lowest BCUT2D eigenvalue weighted by atomic mass is 10.0. The first-order valence-electron chi connectivity index (χ1n) is 4.08. The fourth-order valence-electron chi connectivity index (χ4n) is 1.17. The lowest BCUT2D eigenvalue weighted by molar-refractivity contribution is -0.386. The van der Waals surface area contributed by atoms with E-state index in [-0.39, 0.29) is 23.4 Å². The lowest BCUT2D eigenvalue weighted by Gasteiger charge is -2.07. The van der Waals surface area contributed by atoms with E-state index in [4.69, 9.17) is 10.4 Å². The highest BCUT2D eigenvalue weighted by Gasteiger charge is 2.20. The molecule has 1 unspecified atom stereocenters. The zero-order chi connectivity index (χ0) is 11.4. The largest absolute Gasteiger partial charge is 0.508 e. The van der Waals surface area contributed by atoms with Crippen molar-refractivity contribution < 1.29 is 15.1 Å². The van der Waals surface area contributed by atoms with Gasteiger partial charge in [0.15, 0.2) is 0 Å². The number of phenolic OH excluding ortho intramolecular Hbond substituents is 1. The Morgan fingerprint density at radius 1 is 1.60 bits per heavy atom. The molecule has 0 heterocycles. The topological polar surface area (TPSA) is 107 Å². The van der Waals surface area contributed by atoms with Gasteiger partial charge in [-0.3, -0.25) is 10.1 Å². The van der Waals surface area contributed by atoms with Crippen LogP contribution in [0.5, 0.6) is 5.75 Å². The van der Waals surface area contributed by atoms with Crippen LogP contribution in [-0.4, -0.2) is 15.1 Å². The summed E-state index contributed by atoms with van der Waals surface area (Å²) in [6.45, 7) is 0. The van der Waals surface area contributed by atoms with Crippen LogP contribution < -0.4 is 0 Å². The van der Waals surface area contributed by atoms with E-state index in [0.29, 0.717) is 0 Å². The molecule has 1 aromatic rings. The molecule has 0 saturated carbocycles. The molecule has 15 heavy (non-hydrogen) atoms. The molecule has 6 nitrogen and oxygen atoms in total. The van der Waals surface area contributed by atoms with Crippen LogP contribution in [0.3, 0.4) is 0 Å². The third-order valence-electron chi connectivity index (χ3n) is 1.85.